The molecule has 0 aromatic heterocycles. The zero-order valence-corrected chi connectivity index (χ0v) is 26.1. The summed E-state index contributed by atoms with van der Waals surface area (Å²) < 4.78 is 0. The molecule has 0 aliphatic rings. The normalized spacial score (nSPS) is 13.5. The third-order valence-corrected chi connectivity index (χ3v) is 5.31. The number of aliphatic hydroxyl groups excluding tert-OH is 1. The van der Waals surface area contributed by atoms with Crippen LogP contribution in [-0.4, -0.2) is 121 Å². The van der Waals surface area contributed by atoms with E-state index in [0.29, 0.717) is 19.4 Å². The quantitative estimate of drug-likeness (QED) is 0.0316. The molecule has 0 aliphatic heterocycles. The number of guanidine groups is 1. The fraction of sp³-hybridized carbons (Fsp3) is 0.696. The molecule has 0 heterocycles. The lowest BCUT2D eigenvalue weighted by atomic mass is 10.0. The number of carbonyl (C=O) groups is 6. The van der Waals surface area contributed by atoms with Gasteiger partial charge in [0.05, 0.1) is 6.61 Å². The maximum atomic E-state index is 10.2. The maximum Gasteiger partial charge on any atom is 0.322 e. The summed E-state index contributed by atoms with van der Waals surface area (Å²) in [6, 6.07) is -4.44. The Morgan fingerprint density at radius 1 is 0.733 bits per heavy atom. The number of aliphatic carboxylic acids is 5. The summed E-state index contributed by atoms with van der Waals surface area (Å²) in [6.07, 6.45) is 1.91. The van der Waals surface area contributed by atoms with Crippen molar-refractivity contribution in [1.82, 2.24) is 5.32 Å². The molecule has 0 saturated carbocycles. The molecular weight excluding hydrogens is 626 g/mol. The number of carboxylic acids is 5. The number of carbonyl (C=O) groups excluding carboxylic acids is 1. The number of hydrogen-bond acceptors (Lipinski definition) is 14. The molecule has 0 spiro atoms. The van der Waals surface area contributed by atoms with Crippen molar-refractivity contribution in [3.05, 3.63) is 0 Å². The summed E-state index contributed by atoms with van der Waals surface area (Å²) in [6.45, 7) is 3.73. The number of thiol groups is 1. The van der Waals surface area contributed by atoms with Crippen molar-refractivity contribution in [2.75, 3.05) is 18.9 Å². The summed E-state index contributed by atoms with van der Waals surface area (Å²) in [4.78, 5) is 59.9. The summed E-state index contributed by atoms with van der Waals surface area (Å²) in [5.74, 6) is -5.59. The molecule has 0 radical (unpaired) electrons. The standard InChI is InChI=1S/C6H14N4O2.C6H13NO2.C5H10N2O3.C3H7NO3.C3H7NO2S/c7-4(5(11)12)2-1-3-10-6(8)9;1-3-4(2)5(7)6(8)9;6-3(5(9)10)1-2-4(7)8;4-2(1-5)3(6)7;4-2(1-7)3(5)6/h4H,1-3,7H2,(H,11,12)(H4,8,9,10);4-5H,3,7H2,1-2H3,(H,8,9);3H,1-2,6H2,(H2,7,8)(H,9,10);2,5H,1,4H2,(H,6,7);2,7H,1,4H2,(H,5,6). The largest absolute Gasteiger partial charge is 0.480 e. The van der Waals surface area contributed by atoms with Crippen LogP contribution in [0.4, 0.5) is 0 Å². The van der Waals surface area contributed by atoms with Gasteiger partial charge in [0.15, 0.2) is 5.96 Å². The van der Waals surface area contributed by atoms with E-state index in [9.17, 15) is 28.8 Å². The zero-order chi connectivity index (χ0) is 36.9. The van der Waals surface area contributed by atoms with E-state index in [1.807, 2.05) is 13.8 Å². The van der Waals surface area contributed by atoms with Crippen LogP contribution in [-0.2, 0) is 28.8 Å². The van der Waals surface area contributed by atoms with Crippen LogP contribution in [0.15, 0.2) is 0 Å². The Hall–Kier alpha value is -3.80. The molecule has 0 saturated heterocycles. The van der Waals surface area contributed by atoms with E-state index < -0.39 is 72.6 Å². The van der Waals surface area contributed by atoms with Gasteiger partial charge in [-0.2, -0.15) is 12.6 Å². The second-order valence-corrected chi connectivity index (χ2v) is 9.25. The molecule has 22 N–H and O–H groups in total. The van der Waals surface area contributed by atoms with E-state index in [0.717, 1.165) is 6.42 Å². The molecule has 6 unspecified atom stereocenters. The number of nitrogens with one attached hydrogen (secondary N) is 2. The molecule has 22 heteroatoms. The number of rotatable bonds is 16. The van der Waals surface area contributed by atoms with E-state index in [1.165, 1.54) is 0 Å². The Morgan fingerprint density at radius 2 is 1.13 bits per heavy atom. The first kappa shape index (κ1) is 50.8. The fourth-order valence-corrected chi connectivity index (χ4v) is 1.90. The molecule has 1 amide bonds. The Labute approximate surface area is 265 Å². The molecule has 0 bridgehead atoms. The van der Waals surface area contributed by atoms with E-state index in [-0.39, 0.29) is 30.5 Å². The number of aliphatic hydroxyl groups is 1. The minimum atomic E-state index is -1.18. The van der Waals surface area contributed by atoms with Gasteiger partial charge in [0.2, 0.25) is 5.91 Å². The van der Waals surface area contributed by atoms with Crippen molar-refractivity contribution >= 4 is 54.3 Å². The average molecular weight is 678 g/mol. The van der Waals surface area contributed by atoms with Gasteiger partial charge in [-0.05, 0) is 25.2 Å². The average Bonchev–Trinajstić information content (AvgIpc) is 2.96. The van der Waals surface area contributed by atoms with Gasteiger partial charge in [0, 0.05) is 18.7 Å². The lowest BCUT2D eigenvalue weighted by Gasteiger charge is -2.11. The van der Waals surface area contributed by atoms with Crippen LogP contribution in [0, 0.1) is 11.3 Å². The van der Waals surface area contributed by atoms with E-state index in [4.69, 9.17) is 76.2 Å². The minimum absolute atomic E-state index is 0.0213. The number of carboxylic acid groups (broad SMARTS) is 5. The van der Waals surface area contributed by atoms with Gasteiger partial charge in [0.1, 0.15) is 30.2 Å². The van der Waals surface area contributed by atoms with Gasteiger partial charge in [-0.25, -0.2) is 0 Å². The Balaban J connectivity index is -0.000000150. The molecule has 0 aromatic carbocycles. The third kappa shape index (κ3) is 40.2. The van der Waals surface area contributed by atoms with Crippen molar-refractivity contribution in [3.63, 3.8) is 0 Å². The summed E-state index contributed by atoms with van der Waals surface area (Å²) in [7, 11) is 0. The highest BCUT2D eigenvalue weighted by Gasteiger charge is 2.17. The number of amides is 1. The van der Waals surface area contributed by atoms with Gasteiger partial charge >= 0.3 is 29.8 Å². The predicted molar refractivity (Wildman–Crippen MR) is 166 cm³/mol. The Kier molecular flexibility index (Phi) is 35.7. The molecule has 21 nitrogen and oxygen atoms in total. The predicted octanol–water partition coefficient (Wildman–Crippen LogP) is -4.51. The fourth-order valence-electron chi connectivity index (χ4n) is 1.74. The first-order chi connectivity index (χ1) is 20.5. The Morgan fingerprint density at radius 3 is 1.33 bits per heavy atom. The highest BCUT2D eigenvalue weighted by atomic mass is 32.1. The molecule has 0 aliphatic carbocycles. The highest BCUT2D eigenvalue weighted by molar-refractivity contribution is 7.80. The van der Waals surface area contributed by atoms with Crippen molar-refractivity contribution in [3.8, 4) is 0 Å². The lowest BCUT2D eigenvalue weighted by molar-refractivity contribution is -0.140. The lowest BCUT2D eigenvalue weighted by Crippen LogP contribution is -2.36. The van der Waals surface area contributed by atoms with Gasteiger partial charge in [-0.15, -0.1) is 0 Å². The van der Waals surface area contributed by atoms with Gasteiger partial charge in [-0.3, -0.25) is 34.2 Å². The van der Waals surface area contributed by atoms with E-state index in [2.05, 4.69) is 17.9 Å². The summed E-state index contributed by atoms with van der Waals surface area (Å²) in [5, 5.41) is 58.2. The van der Waals surface area contributed by atoms with Crippen LogP contribution in [0.2, 0.25) is 0 Å². The monoisotopic (exact) mass is 677 g/mol. The van der Waals surface area contributed by atoms with E-state index >= 15 is 0 Å². The third-order valence-electron chi connectivity index (χ3n) is 4.91. The van der Waals surface area contributed by atoms with Crippen LogP contribution in [0.1, 0.15) is 46.0 Å². The van der Waals surface area contributed by atoms with Crippen LogP contribution < -0.4 is 45.5 Å². The molecule has 45 heavy (non-hydrogen) atoms. The molecule has 0 rings (SSSR count). The van der Waals surface area contributed by atoms with Crippen molar-refractivity contribution in [2.24, 2.45) is 46.1 Å². The summed E-state index contributed by atoms with van der Waals surface area (Å²) in [5.41, 5.74) is 35.0. The molecule has 266 valence electrons. The number of hydrogen-bond donors (Lipinski definition) is 16. The van der Waals surface area contributed by atoms with Crippen LogP contribution in [0.25, 0.3) is 0 Å². The second-order valence-electron chi connectivity index (χ2n) is 8.88. The maximum absolute atomic E-state index is 10.2. The van der Waals surface area contributed by atoms with Crippen LogP contribution in [0.5, 0.6) is 0 Å². The topological polar surface area (TPSA) is 442 Å². The first-order valence-electron chi connectivity index (χ1n) is 13.0. The summed E-state index contributed by atoms with van der Waals surface area (Å²) >= 11 is 3.65. The van der Waals surface area contributed by atoms with E-state index in [1.54, 1.807) is 0 Å². The van der Waals surface area contributed by atoms with Gasteiger partial charge in [-0.1, -0.05) is 20.3 Å². The minimum Gasteiger partial charge on any atom is -0.480 e. The van der Waals surface area contributed by atoms with Crippen LogP contribution >= 0.6 is 12.6 Å². The van der Waals surface area contributed by atoms with Crippen molar-refractivity contribution < 1.29 is 59.4 Å². The zero-order valence-electron chi connectivity index (χ0n) is 25.2. The SMILES string of the molecule is CCC(C)C(N)C(=O)O.N=C(N)NCCCC(N)C(=O)O.NC(=O)CCC(N)C(=O)O.NC(CO)C(=O)O.NC(CS)C(=O)O. The smallest absolute Gasteiger partial charge is 0.322 e. The highest BCUT2D eigenvalue weighted by Crippen LogP contribution is 2.04. The molecule has 0 fully saturated rings. The van der Waals surface area contributed by atoms with Gasteiger partial charge in [0.25, 0.3) is 0 Å². The van der Waals surface area contributed by atoms with Gasteiger partial charge < -0.3 is 76.1 Å². The number of nitrogens with two attached hydrogens (primary N) is 7. The molecule has 0 aromatic rings. The van der Waals surface area contributed by atoms with Crippen molar-refractivity contribution in [1.29, 1.82) is 5.41 Å². The molecular formula is C23H51N9O12S. The van der Waals surface area contributed by atoms with Crippen molar-refractivity contribution in [2.45, 2.75) is 76.2 Å². The number of primary amides is 1. The Bertz CT molecular complexity index is 867. The molecule has 6 atom stereocenters. The second kappa shape index (κ2) is 31.6. The van der Waals surface area contributed by atoms with Crippen LogP contribution in [0.3, 0.4) is 0 Å². The first-order valence-corrected chi connectivity index (χ1v) is 13.7.